The summed E-state index contributed by atoms with van der Waals surface area (Å²) in [6.07, 6.45) is 2.76. The molecule has 0 aliphatic rings. The number of nitrogens with one attached hydrogen (secondary N) is 1. The van der Waals surface area contributed by atoms with Gasteiger partial charge in [-0.15, -0.1) is 0 Å². The van der Waals surface area contributed by atoms with Crippen LogP contribution in [0, 0.1) is 0 Å². The second-order valence-corrected chi connectivity index (χ2v) is 4.93. The van der Waals surface area contributed by atoms with Gasteiger partial charge in [-0.25, -0.2) is 0 Å². The van der Waals surface area contributed by atoms with Gasteiger partial charge in [0.25, 0.3) is 0 Å². The minimum atomic E-state index is 0.292. The molecule has 0 saturated heterocycles. The molecule has 1 aromatic heterocycles. The topological polar surface area (TPSA) is 34.1 Å². The Bertz CT molecular complexity index is 542. The Morgan fingerprint density at radius 2 is 2.05 bits per heavy atom. The average Bonchev–Trinajstić information content (AvgIpc) is 2.46. The number of rotatable bonds is 6. The van der Waals surface area contributed by atoms with Crippen molar-refractivity contribution in [3.63, 3.8) is 0 Å². The maximum atomic E-state index is 5.93. The Kier molecular flexibility index (Phi) is 5.39. The molecule has 0 radical (unpaired) electrons. The number of hydrogen-bond acceptors (Lipinski definition) is 3. The molecular formula is C16H19ClN2O. The Morgan fingerprint density at radius 3 is 2.65 bits per heavy atom. The van der Waals surface area contributed by atoms with E-state index in [1.165, 1.54) is 0 Å². The quantitative estimate of drug-likeness (QED) is 0.845. The Morgan fingerprint density at radius 1 is 1.20 bits per heavy atom. The average molecular weight is 291 g/mol. The highest BCUT2D eigenvalue weighted by Crippen LogP contribution is 2.24. The number of ether oxygens (including phenoxy) is 1. The van der Waals surface area contributed by atoms with Gasteiger partial charge in [-0.05, 0) is 43.3 Å². The highest BCUT2D eigenvalue weighted by Gasteiger charge is 2.09. The van der Waals surface area contributed by atoms with Crippen molar-refractivity contribution in [2.75, 3.05) is 6.54 Å². The molecule has 0 saturated carbocycles. The zero-order valence-electron chi connectivity index (χ0n) is 11.8. The first kappa shape index (κ1) is 14.8. The second-order valence-electron chi connectivity index (χ2n) is 4.50. The molecule has 1 heterocycles. The summed E-state index contributed by atoms with van der Waals surface area (Å²) in [5.41, 5.74) is 1.03. The molecular weight excluding hydrogens is 272 g/mol. The standard InChI is InChI=1S/C16H19ClN2O/c1-3-15(18-4-2)16-9-8-14(11-19-16)20-13-7-5-6-12(17)10-13/h5-11,15,18H,3-4H2,1-2H3. The highest BCUT2D eigenvalue weighted by atomic mass is 35.5. The van der Waals surface area contributed by atoms with Crippen LogP contribution in [0.25, 0.3) is 0 Å². The summed E-state index contributed by atoms with van der Waals surface area (Å²) < 4.78 is 5.72. The number of pyridine rings is 1. The van der Waals surface area contributed by atoms with Crippen LogP contribution in [-0.4, -0.2) is 11.5 Å². The fourth-order valence-corrected chi connectivity index (χ4v) is 2.21. The molecule has 0 aliphatic carbocycles. The van der Waals surface area contributed by atoms with E-state index >= 15 is 0 Å². The van der Waals surface area contributed by atoms with Crippen LogP contribution in [0.2, 0.25) is 5.02 Å². The SMILES string of the molecule is CCNC(CC)c1ccc(Oc2cccc(Cl)c2)cn1. The summed E-state index contributed by atoms with van der Waals surface area (Å²) in [5.74, 6) is 1.42. The summed E-state index contributed by atoms with van der Waals surface area (Å²) in [4.78, 5) is 4.47. The lowest BCUT2D eigenvalue weighted by Gasteiger charge is -2.15. The molecule has 106 valence electrons. The molecule has 0 aliphatic heterocycles. The van der Waals surface area contributed by atoms with Crippen LogP contribution in [-0.2, 0) is 0 Å². The first-order chi connectivity index (χ1) is 9.72. The summed E-state index contributed by atoms with van der Waals surface area (Å²) in [5, 5.41) is 4.06. The van der Waals surface area contributed by atoms with Gasteiger partial charge >= 0.3 is 0 Å². The normalized spacial score (nSPS) is 12.2. The van der Waals surface area contributed by atoms with Crippen LogP contribution < -0.4 is 10.1 Å². The van der Waals surface area contributed by atoms with Gasteiger partial charge in [0.1, 0.15) is 11.5 Å². The molecule has 1 atom stereocenters. The van der Waals surface area contributed by atoms with Crippen LogP contribution in [0.5, 0.6) is 11.5 Å². The Hall–Kier alpha value is -1.58. The van der Waals surface area contributed by atoms with Gasteiger partial charge in [0.05, 0.1) is 11.9 Å². The predicted molar refractivity (Wildman–Crippen MR) is 82.5 cm³/mol. The molecule has 0 spiro atoms. The maximum absolute atomic E-state index is 5.93. The minimum Gasteiger partial charge on any atom is -0.456 e. The van der Waals surface area contributed by atoms with E-state index in [4.69, 9.17) is 16.3 Å². The second kappa shape index (κ2) is 7.27. The van der Waals surface area contributed by atoms with Crippen molar-refractivity contribution in [1.29, 1.82) is 0 Å². The van der Waals surface area contributed by atoms with E-state index in [2.05, 4.69) is 24.1 Å². The summed E-state index contributed by atoms with van der Waals surface area (Å²) in [7, 11) is 0. The molecule has 1 N–H and O–H groups in total. The lowest BCUT2D eigenvalue weighted by Crippen LogP contribution is -2.20. The van der Waals surface area contributed by atoms with Crippen molar-refractivity contribution in [3.05, 3.63) is 53.3 Å². The molecule has 2 aromatic rings. The zero-order chi connectivity index (χ0) is 14.4. The van der Waals surface area contributed by atoms with Crippen molar-refractivity contribution in [1.82, 2.24) is 10.3 Å². The first-order valence-electron chi connectivity index (χ1n) is 6.85. The van der Waals surface area contributed by atoms with Gasteiger partial charge in [-0.1, -0.05) is 31.5 Å². The fourth-order valence-electron chi connectivity index (χ4n) is 2.03. The number of aromatic nitrogens is 1. The molecule has 0 bridgehead atoms. The van der Waals surface area contributed by atoms with Crippen LogP contribution in [0.3, 0.4) is 0 Å². The van der Waals surface area contributed by atoms with Gasteiger partial charge in [0.2, 0.25) is 0 Å². The molecule has 3 nitrogen and oxygen atoms in total. The smallest absolute Gasteiger partial charge is 0.145 e. The van der Waals surface area contributed by atoms with E-state index in [1.807, 2.05) is 30.3 Å². The van der Waals surface area contributed by atoms with Crippen molar-refractivity contribution in [3.8, 4) is 11.5 Å². The van der Waals surface area contributed by atoms with E-state index in [1.54, 1.807) is 12.3 Å². The Labute approximate surface area is 124 Å². The first-order valence-corrected chi connectivity index (χ1v) is 7.23. The molecule has 2 rings (SSSR count). The Balaban J connectivity index is 2.08. The molecule has 1 aromatic carbocycles. The summed E-state index contributed by atoms with van der Waals surface area (Å²) in [6, 6.07) is 11.5. The molecule has 1 unspecified atom stereocenters. The van der Waals surface area contributed by atoms with E-state index in [0.717, 1.165) is 18.7 Å². The van der Waals surface area contributed by atoms with Crippen LogP contribution in [0.4, 0.5) is 0 Å². The third-order valence-corrected chi connectivity index (χ3v) is 3.24. The molecule has 20 heavy (non-hydrogen) atoms. The van der Waals surface area contributed by atoms with Crippen LogP contribution >= 0.6 is 11.6 Å². The number of benzene rings is 1. The van der Waals surface area contributed by atoms with E-state index < -0.39 is 0 Å². The lowest BCUT2D eigenvalue weighted by molar-refractivity contribution is 0.476. The van der Waals surface area contributed by atoms with Gasteiger partial charge in [-0.3, -0.25) is 4.98 Å². The van der Waals surface area contributed by atoms with Crippen molar-refractivity contribution < 1.29 is 4.74 Å². The van der Waals surface area contributed by atoms with E-state index in [0.29, 0.717) is 22.6 Å². The third kappa shape index (κ3) is 3.95. The highest BCUT2D eigenvalue weighted by molar-refractivity contribution is 6.30. The monoisotopic (exact) mass is 290 g/mol. The predicted octanol–water partition coefficient (Wildman–Crippen LogP) is 4.59. The third-order valence-electron chi connectivity index (χ3n) is 3.01. The minimum absolute atomic E-state index is 0.292. The van der Waals surface area contributed by atoms with Gasteiger partial charge in [0.15, 0.2) is 0 Å². The molecule has 0 fully saturated rings. The van der Waals surface area contributed by atoms with E-state index in [9.17, 15) is 0 Å². The van der Waals surface area contributed by atoms with Crippen LogP contribution in [0.1, 0.15) is 32.0 Å². The largest absolute Gasteiger partial charge is 0.456 e. The molecule has 4 heteroatoms. The lowest BCUT2D eigenvalue weighted by atomic mass is 10.1. The fraction of sp³-hybridized carbons (Fsp3) is 0.312. The molecule has 0 amide bonds. The maximum Gasteiger partial charge on any atom is 0.145 e. The van der Waals surface area contributed by atoms with Crippen molar-refractivity contribution >= 4 is 11.6 Å². The van der Waals surface area contributed by atoms with Gasteiger partial charge in [-0.2, -0.15) is 0 Å². The van der Waals surface area contributed by atoms with Crippen molar-refractivity contribution in [2.45, 2.75) is 26.3 Å². The van der Waals surface area contributed by atoms with Gasteiger partial charge < -0.3 is 10.1 Å². The number of halogens is 1. The van der Waals surface area contributed by atoms with E-state index in [-0.39, 0.29) is 0 Å². The number of nitrogens with zero attached hydrogens (tertiary/aromatic N) is 1. The number of hydrogen-bond donors (Lipinski definition) is 1. The van der Waals surface area contributed by atoms with Crippen LogP contribution in [0.15, 0.2) is 42.6 Å². The summed E-state index contributed by atoms with van der Waals surface area (Å²) in [6.45, 7) is 5.17. The summed E-state index contributed by atoms with van der Waals surface area (Å²) >= 11 is 5.93. The van der Waals surface area contributed by atoms with Crippen molar-refractivity contribution in [2.24, 2.45) is 0 Å². The van der Waals surface area contributed by atoms with Gasteiger partial charge in [0, 0.05) is 11.1 Å². The zero-order valence-corrected chi connectivity index (χ0v) is 12.5.